The summed E-state index contributed by atoms with van der Waals surface area (Å²) < 4.78 is 1.09. The lowest BCUT2D eigenvalue weighted by Gasteiger charge is -2.37. The third kappa shape index (κ3) is 4.40. The van der Waals surface area contributed by atoms with E-state index in [1.807, 2.05) is 6.20 Å². The first-order chi connectivity index (χ1) is 17.9. The molecule has 0 unspecified atom stereocenters. The third-order valence-electron chi connectivity index (χ3n) is 7.19. The second-order valence-electron chi connectivity index (χ2n) is 10.7. The second kappa shape index (κ2) is 9.35. The molecule has 37 heavy (non-hydrogen) atoms. The molecule has 0 N–H and O–H groups in total. The van der Waals surface area contributed by atoms with Crippen LogP contribution in [-0.2, 0) is 5.41 Å². The zero-order chi connectivity index (χ0) is 25.6. The average molecular weight is 543 g/mol. The van der Waals surface area contributed by atoms with E-state index in [0.29, 0.717) is 0 Å². The summed E-state index contributed by atoms with van der Waals surface area (Å²) in [7, 11) is 0. The van der Waals surface area contributed by atoms with E-state index >= 15 is 0 Å². The van der Waals surface area contributed by atoms with Gasteiger partial charge in [-0.15, -0.1) is 0 Å². The van der Waals surface area contributed by atoms with Crippen molar-refractivity contribution in [3.8, 4) is 11.3 Å². The molecule has 1 aliphatic heterocycles. The van der Waals surface area contributed by atoms with Gasteiger partial charge in [0, 0.05) is 27.7 Å². The molecule has 0 bridgehead atoms. The third-order valence-corrected chi connectivity index (χ3v) is 7.68. The van der Waals surface area contributed by atoms with Gasteiger partial charge in [0.1, 0.15) is 0 Å². The van der Waals surface area contributed by atoms with Crippen molar-refractivity contribution in [3.63, 3.8) is 0 Å². The Kier molecular flexibility index (Phi) is 6.00. The molecule has 0 amide bonds. The number of anilines is 3. The van der Waals surface area contributed by atoms with Crippen LogP contribution in [0, 0.1) is 0 Å². The minimum Gasteiger partial charge on any atom is -0.312 e. The van der Waals surface area contributed by atoms with Gasteiger partial charge in [0.25, 0.3) is 0 Å². The van der Waals surface area contributed by atoms with Crippen molar-refractivity contribution in [2.45, 2.75) is 26.2 Å². The Morgan fingerprint density at radius 3 is 2.24 bits per heavy atom. The van der Waals surface area contributed by atoms with Crippen LogP contribution in [0.4, 0.5) is 17.1 Å². The van der Waals surface area contributed by atoms with E-state index in [-0.39, 0.29) is 12.1 Å². The lowest BCUT2D eigenvalue weighted by atomic mass is 9.35. The molecule has 0 spiro atoms. The Labute approximate surface area is 228 Å². The molecule has 0 aliphatic carbocycles. The summed E-state index contributed by atoms with van der Waals surface area (Å²) in [6, 6.07) is 39.3. The van der Waals surface area contributed by atoms with Crippen molar-refractivity contribution < 1.29 is 0 Å². The Hall–Kier alpha value is -3.63. The number of para-hydroxylation sites is 2. The molecular weight excluding hydrogens is 515 g/mol. The number of fused-ring (bicyclic) bond motifs is 2. The zero-order valence-electron chi connectivity index (χ0n) is 21.3. The summed E-state index contributed by atoms with van der Waals surface area (Å²) in [5, 5.41) is 0. The van der Waals surface area contributed by atoms with Crippen LogP contribution in [0.1, 0.15) is 26.3 Å². The molecule has 180 valence electrons. The molecule has 4 heteroatoms. The van der Waals surface area contributed by atoms with Gasteiger partial charge in [0.15, 0.2) is 0 Å². The predicted octanol–water partition coefficient (Wildman–Crippen LogP) is 7.11. The summed E-state index contributed by atoms with van der Waals surface area (Å²) in [5.41, 5.74) is 10.9. The molecule has 1 aromatic heterocycles. The first-order valence-electron chi connectivity index (χ1n) is 12.7. The van der Waals surface area contributed by atoms with E-state index < -0.39 is 0 Å². The van der Waals surface area contributed by atoms with Crippen LogP contribution in [-0.4, -0.2) is 11.7 Å². The molecule has 5 aromatic rings. The highest BCUT2D eigenvalue weighted by atomic mass is 79.9. The van der Waals surface area contributed by atoms with Crippen molar-refractivity contribution in [1.82, 2.24) is 4.98 Å². The summed E-state index contributed by atoms with van der Waals surface area (Å²) in [6.07, 6.45) is 1.94. The fourth-order valence-electron chi connectivity index (χ4n) is 5.34. The standard InChI is InChI=1S/C33H28BBrN2/c1-33(2,3)24-18-19-36-30(21-24)23-16-17-32-29(20-23)34(25-10-9-11-26(35)22-25)28-14-7-8-15-31(28)37(32)27-12-5-4-6-13-27/h4-22H,1-3H3. The van der Waals surface area contributed by atoms with E-state index in [1.165, 1.54) is 33.3 Å². The lowest BCUT2D eigenvalue weighted by molar-refractivity contribution is 0.589. The molecular formula is C33H28BBrN2. The summed E-state index contributed by atoms with van der Waals surface area (Å²) in [4.78, 5) is 7.18. The highest BCUT2D eigenvalue weighted by Gasteiger charge is 2.35. The lowest BCUT2D eigenvalue weighted by Crippen LogP contribution is -2.57. The highest BCUT2D eigenvalue weighted by molar-refractivity contribution is 9.10. The van der Waals surface area contributed by atoms with E-state index in [1.54, 1.807) is 0 Å². The fraction of sp³-hybridized carbons (Fsp3) is 0.121. The fourth-order valence-corrected chi connectivity index (χ4v) is 5.75. The molecule has 0 radical (unpaired) electrons. The molecule has 0 atom stereocenters. The number of benzene rings is 4. The van der Waals surface area contributed by atoms with Gasteiger partial charge in [-0.2, -0.15) is 0 Å². The predicted molar refractivity (Wildman–Crippen MR) is 162 cm³/mol. The number of hydrogen-bond donors (Lipinski definition) is 0. The first kappa shape index (κ1) is 23.8. The van der Waals surface area contributed by atoms with Crippen molar-refractivity contribution >= 4 is 56.1 Å². The molecule has 2 nitrogen and oxygen atoms in total. The molecule has 0 saturated heterocycles. The van der Waals surface area contributed by atoms with Crippen LogP contribution in [0.2, 0.25) is 0 Å². The smallest absolute Gasteiger partial charge is 0.246 e. The van der Waals surface area contributed by atoms with Gasteiger partial charge in [-0.1, -0.05) is 109 Å². The number of hydrogen-bond acceptors (Lipinski definition) is 2. The summed E-state index contributed by atoms with van der Waals surface area (Å²) in [6.45, 7) is 6.85. The number of nitrogens with zero attached hydrogens (tertiary/aromatic N) is 2. The van der Waals surface area contributed by atoms with Crippen LogP contribution in [0.3, 0.4) is 0 Å². The van der Waals surface area contributed by atoms with Crippen LogP contribution in [0.15, 0.2) is 120 Å². The zero-order valence-corrected chi connectivity index (χ0v) is 22.9. The highest BCUT2D eigenvalue weighted by Crippen LogP contribution is 2.37. The van der Waals surface area contributed by atoms with Crippen molar-refractivity contribution in [1.29, 1.82) is 0 Å². The summed E-state index contributed by atoms with van der Waals surface area (Å²) in [5.74, 6) is 0. The van der Waals surface area contributed by atoms with E-state index in [4.69, 9.17) is 4.98 Å². The SMILES string of the molecule is CC(C)(C)c1ccnc(-c2ccc3c(c2)B(c2cccc(Br)c2)c2ccccc2N3c2ccccc2)c1. The maximum absolute atomic E-state index is 4.78. The monoisotopic (exact) mass is 542 g/mol. The minimum absolute atomic E-state index is 0.0633. The van der Waals surface area contributed by atoms with Crippen LogP contribution in [0.25, 0.3) is 11.3 Å². The molecule has 0 saturated carbocycles. The van der Waals surface area contributed by atoms with Gasteiger partial charge in [-0.25, -0.2) is 0 Å². The Balaban J connectivity index is 1.61. The molecule has 2 heterocycles. The largest absolute Gasteiger partial charge is 0.312 e. The van der Waals surface area contributed by atoms with Gasteiger partial charge in [0.05, 0.1) is 5.69 Å². The molecule has 0 fully saturated rings. The Bertz CT molecular complexity index is 1590. The van der Waals surface area contributed by atoms with Crippen molar-refractivity contribution in [3.05, 3.63) is 125 Å². The molecule has 6 rings (SSSR count). The van der Waals surface area contributed by atoms with Crippen LogP contribution < -0.4 is 21.3 Å². The van der Waals surface area contributed by atoms with E-state index in [2.05, 4.69) is 151 Å². The maximum Gasteiger partial charge on any atom is 0.246 e. The number of aromatic nitrogens is 1. The normalized spacial score (nSPS) is 12.8. The molecule has 4 aromatic carbocycles. The number of halogens is 1. The number of rotatable bonds is 3. The van der Waals surface area contributed by atoms with E-state index in [0.717, 1.165) is 21.4 Å². The molecule has 1 aliphatic rings. The minimum atomic E-state index is 0.0633. The quantitative estimate of drug-likeness (QED) is 0.221. The van der Waals surface area contributed by atoms with E-state index in [9.17, 15) is 0 Å². The van der Waals surface area contributed by atoms with Crippen LogP contribution in [0.5, 0.6) is 0 Å². The van der Waals surface area contributed by atoms with Crippen molar-refractivity contribution in [2.24, 2.45) is 0 Å². The first-order valence-corrected chi connectivity index (χ1v) is 13.5. The Morgan fingerprint density at radius 2 is 1.46 bits per heavy atom. The summed E-state index contributed by atoms with van der Waals surface area (Å²) >= 11 is 3.71. The van der Waals surface area contributed by atoms with Gasteiger partial charge in [-0.3, -0.25) is 4.98 Å². The second-order valence-corrected chi connectivity index (χ2v) is 11.6. The van der Waals surface area contributed by atoms with Crippen LogP contribution >= 0.6 is 15.9 Å². The topological polar surface area (TPSA) is 16.1 Å². The van der Waals surface area contributed by atoms with Gasteiger partial charge in [-0.05, 0) is 69.9 Å². The maximum atomic E-state index is 4.78. The van der Waals surface area contributed by atoms with Crippen molar-refractivity contribution in [2.75, 3.05) is 4.90 Å². The van der Waals surface area contributed by atoms with Gasteiger partial charge in [0.2, 0.25) is 6.71 Å². The number of pyridine rings is 1. The Morgan fingerprint density at radius 1 is 0.703 bits per heavy atom. The average Bonchev–Trinajstić information content (AvgIpc) is 2.91. The van der Waals surface area contributed by atoms with Gasteiger partial charge < -0.3 is 4.90 Å². The van der Waals surface area contributed by atoms with Gasteiger partial charge >= 0.3 is 0 Å².